The number of hydrogen-bond donors (Lipinski definition) is 0. The van der Waals surface area contributed by atoms with Gasteiger partial charge in [-0.3, -0.25) is 9.98 Å². The Labute approximate surface area is 289 Å². The molecular weight excluding hydrogens is 591 g/mol. The molecule has 0 amide bonds. The first-order chi connectivity index (χ1) is 21.7. The van der Waals surface area contributed by atoms with E-state index in [1.165, 1.54) is 112 Å². The minimum absolute atomic E-state index is 0. The molecule has 0 saturated carbocycles. The van der Waals surface area contributed by atoms with Crippen molar-refractivity contribution in [3.05, 3.63) is 71.3 Å². The molecule has 3 heteroatoms. The third-order valence-electron chi connectivity index (χ3n) is 8.56. The van der Waals surface area contributed by atoms with Gasteiger partial charge in [0.05, 0.1) is 22.8 Å². The molecule has 2 aromatic rings. The van der Waals surface area contributed by atoms with E-state index in [2.05, 4.69) is 89.2 Å². The number of rotatable bonds is 25. The van der Waals surface area contributed by atoms with Crippen molar-refractivity contribution in [3.63, 3.8) is 0 Å². The van der Waals surface area contributed by atoms with Gasteiger partial charge in [-0.25, -0.2) is 0 Å². The smallest absolute Gasteiger partial charge is 0.0665 e. The van der Waals surface area contributed by atoms with Crippen LogP contribution in [0.25, 0.3) is 0 Å². The number of benzene rings is 2. The second-order valence-corrected chi connectivity index (χ2v) is 12.7. The first-order valence-corrected chi connectivity index (χ1v) is 18.7. The van der Waals surface area contributed by atoms with Gasteiger partial charge >= 0.3 is 0 Å². The topological polar surface area (TPSA) is 24.7 Å². The van der Waals surface area contributed by atoms with Crippen molar-refractivity contribution in [1.29, 1.82) is 0 Å². The molecule has 0 unspecified atom stereocenters. The van der Waals surface area contributed by atoms with Gasteiger partial charge in [-0.05, 0) is 106 Å². The van der Waals surface area contributed by atoms with Crippen LogP contribution in [0.3, 0.4) is 0 Å². The summed E-state index contributed by atoms with van der Waals surface area (Å²) in [6.07, 6.45) is 30.4. The van der Waals surface area contributed by atoms with E-state index >= 15 is 0 Å². The van der Waals surface area contributed by atoms with Crippen molar-refractivity contribution in [2.24, 2.45) is 9.98 Å². The maximum absolute atomic E-state index is 5.39. The summed E-state index contributed by atoms with van der Waals surface area (Å²) in [6, 6.07) is 15.7. The molecule has 2 rings (SSSR count). The van der Waals surface area contributed by atoms with Crippen LogP contribution in [0.15, 0.2) is 64.6 Å². The van der Waals surface area contributed by atoms with Crippen LogP contribution in [-0.2, 0) is 35.8 Å². The Bertz CT molecular complexity index is 1110. The predicted octanol–water partition coefficient (Wildman–Crippen LogP) is 13.8. The van der Waals surface area contributed by atoms with Crippen LogP contribution in [0.2, 0.25) is 0 Å². The van der Waals surface area contributed by atoms with Crippen molar-refractivity contribution >= 4 is 22.8 Å². The fourth-order valence-electron chi connectivity index (χ4n) is 5.91. The van der Waals surface area contributed by atoms with Gasteiger partial charge in [0.1, 0.15) is 0 Å². The average molecular weight is 658 g/mol. The van der Waals surface area contributed by atoms with E-state index in [0.717, 1.165) is 62.7 Å². The number of hydrogen-bond acceptors (Lipinski definition) is 2. The summed E-state index contributed by atoms with van der Waals surface area (Å²) in [6.45, 7) is 11.4. The van der Waals surface area contributed by atoms with E-state index in [9.17, 15) is 0 Å². The zero-order valence-corrected chi connectivity index (χ0v) is 30.7. The first-order valence-electron chi connectivity index (χ1n) is 18.7. The SMILES string of the molecule is CCCCCCCCCC=CCCCc1ccccc1N=C(CCCC)C(CCCC)=Nc1ccc(CCC)c(CCC)c1.[Ni]. The standard InChI is InChI=1S/C42H66N2.Ni/c1-6-11-14-15-16-17-18-19-20-21-22-23-28-37-29-24-25-32-40(37)44-42(31-13-8-3)41(30-12-7-2)43-39-34-33-36(26-9-4)38(35-39)27-10-5;/h20-21,24-25,29,32-35H,6-19,22-23,26-28,30-31H2,1-5H3;. The van der Waals surface area contributed by atoms with E-state index in [0.29, 0.717) is 0 Å². The molecule has 0 saturated heterocycles. The van der Waals surface area contributed by atoms with Gasteiger partial charge in [0.15, 0.2) is 0 Å². The van der Waals surface area contributed by atoms with Crippen LogP contribution in [0, 0.1) is 0 Å². The zero-order chi connectivity index (χ0) is 31.7. The Morgan fingerprint density at radius 3 is 1.76 bits per heavy atom. The molecule has 0 spiro atoms. The third-order valence-corrected chi connectivity index (χ3v) is 8.56. The number of para-hydroxylation sites is 1. The van der Waals surface area contributed by atoms with Crippen LogP contribution in [-0.4, -0.2) is 11.4 Å². The van der Waals surface area contributed by atoms with Gasteiger partial charge in [0.25, 0.3) is 0 Å². The van der Waals surface area contributed by atoms with Crippen LogP contribution >= 0.6 is 0 Å². The molecule has 254 valence electrons. The molecule has 0 radical (unpaired) electrons. The van der Waals surface area contributed by atoms with Gasteiger partial charge < -0.3 is 0 Å². The van der Waals surface area contributed by atoms with Crippen molar-refractivity contribution in [1.82, 2.24) is 0 Å². The molecule has 0 aliphatic rings. The van der Waals surface area contributed by atoms with Gasteiger partial charge in [0, 0.05) is 16.5 Å². The quantitative estimate of drug-likeness (QED) is 0.0439. The van der Waals surface area contributed by atoms with Crippen molar-refractivity contribution in [2.75, 3.05) is 0 Å². The molecule has 0 atom stereocenters. The Morgan fingerprint density at radius 1 is 0.511 bits per heavy atom. The first kappa shape index (κ1) is 41.0. The van der Waals surface area contributed by atoms with Gasteiger partial charge in [0.2, 0.25) is 0 Å². The number of allylic oxidation sites excluding steroid dienone is 2. The van der Waals surface area contributed by atoms with E-state index in [-0.39, 0.29) is 16.5 Å². The molecule has 0 aliphatic carbocycles. The molecule has 45 heavy (non-hydrogen) atoms. The molecular formula is C42H66N2Ni. The number of nitrogens with zero attached hydrogens (tertiary/aromatic N) is 2. The Hall–Kier alpha value is -1.99. The minimum Gasteiger partial charge on any atom is -0.252 e. The van der Waals surface area contributed by atoms with Crippen LogP contribution in [0.1, 0.15) is 167 Å². The monoisotopic (exact) mass is 656 g/mol. The molecule has 0 bridgehead atoms. The number of unbranched alkanes of at least 4 members (excludes halogenated alkanes) is 10. The van der Waals surface area contributed by atoms with E-state index in [4.69, 9.17) is 9.98 Å². The molecule has 0 aromatic heterocycles. The Morgan fingerprint density at radius 2 is 1.09 bits per heavy atom. The van der Waals surface area contributed by atoms with Crippen LogP contribution in [0.4, 0.5) is 11.4 Å². The second-order valence-electron chi connectivity index (χ2n) is 12.7. The van der Waals surface area contributed by atoms with Crippen molar-refractivity contribution in [2.45, 2.75) is 169 Å². The summed E-state index contributed by atoms with van der Waals surface area (Å²) in [5, 5.41) is 0. The van der Waals surface area contributed by atoms with Crippen LogP contribution < -0.4 is 0 Å². The predicted molar refractivity (Wildman–Crippen MR) is 199 cm³/mol. The summed E-state index contributed by atoms with van der Waals surface area (Å²) in [4.78, 5) is 10.7. The Balaban J connectivity index is 0.0000101. The molecule has 0 N–H and O–H groups in total. The summed E-state index contributed by atoms with van der Waals surface area (Å²) >= 11 is 0. The molecule has 2 aromatic carbocycles. The van der Waals surface area contributed by atoms with Crippen LogP contribution in [0.5, 0.6) is 0 Å². The third kappa shape index (κ3) is 17.5. The largest absolute Gasteiger partial charge is 0.252 e. The van der Waals surface area contributed by atoms with Gasteiger partial charge in [-0.1, -0.05) is 135 Å². The van der Waals surface area contributed by atoms with E-state index in [1.807, 2.05) is 0 Å². The second kappa shape index (κ2) is 27.2. The summed E-state index contributed by atoms with van der Waals surface area (Å²) < 4.78 is 0. The number of aliphatic imine (C=N–C) groups is 2. The summed E-state index contributed by atoms with van der Waals surface area (Å²) in [5.41, 5.74) is 8.95. The zero-order valence-electron chi connectivity index (χ0n) is 29.8. The molecule has 0 aliphatic heterocycles. The average Bonchev–Trinajstić information content (AvgIpc) is 3.04. The van der Waals surface area contributed by atoms with Gasteiger partial charge in [-0.2, -0.15) is 0 Å². The van der Waals surface area contributed by atoms with E-state index in [1.54, 1.807) is 0 Å². The van der Waals surface area contributed by atoms with Crippen molar-refractivity contribution in [3.8, 4) is 0 Å². The summed E-state index contributed by atoms with van der Waals surface area (Å²) in [7, 11) is 0. The minimum atomic E-state index is 0. The molecule has 0 fully saturated rings. The number of aryl methyl sites for hydroxylation is 3. The Kier molecular flexibility index (Phi) is 24.8. The molecule has 0 heterocycles. The fraction of sp³-hybridized carbons (Fsp3) is 0.619. The van der Waals surface area contributed by atoms with E-state index < -0.39 is 0 Å². The fourth-order valence-corrected chi connectivity index (χ4v) is 5.91. The molecule has 2 nitrogen and oxygen atoms in total. The normalized spacial score (nSPS) is 12.2. The van der Waals surface area contributed by atoms with Crippen molar-refractivity contribution < 1.29 is 16.5 Å². The van der Waals surface area contributed by atoms with Gasteiger partial charge in [-0.15, -0.1) is 0 Å². The maximum Gasteiger partial charge on any atom is 0.0665 e. The maximum atomic E-state index is 5.39. The summed E-state index contributed by atoms with van der Waals surface area (Å²) in [5.74, 6) is 0.